The Morgan fingerprint density at radius 3 is 2.33 bits per heavy atom. The van der Waals surface area contributed by atoms with Gasteiger partial charge in [0.1, 0.15) is 6.04 Å². The van der Waals surface area contributed by atoms with E-state index >= 15 is 0 Å². The molecule has 0 unspecified atom stereocenters. The molecule has 0 aliphatic heterocycles. The van der Waals surface area contributed by atoms with Crippen LogP contribution in [0.1, 0.15) is 45.2 Å². The van der Waals surface area contributed by atoms with Crippen LogP contribution in [0.4, 0.5) is 4.39 Å². The minimum Gasteiger partial charge on any atom is -0.481 e. The number of nitrogens with zero attached hydrogens (tertiary/aromatic N) is 1. The fraction of sp³-hybridized carbons (Fsp3) is 0.417. The van der Waals surface area contributed by atoms with Crippen molar-refractivity contribution >= 4 is 11.8 Å². The number of aryl methyl sites for hydroxylation is 1. The zero-order valence-corrected chi connectivity index (χ0v) is 18.4. The van der Waals surface area contributed by atoms with E-state index < -0.39 is 17.4 Å². The van der Waals surface area contributed by atoms with Crippen molar-refractivity contribution in [3.05, 3.63) is 65.5 Å². The Kier molecular flexibility index (Phi) is 7.98. The van der Waals surface area contributed by atoms with Crippen LogP contribution in [0.15, 0.2) is 48.5 Å². The SMILES string of the molecule is CC[C@H](C(=O)NC(C)(C)C)N(Cc1ccccc1C)C(=O)COc1ccccc1F. The maximum Gasteiger partial charge on any atom is 0.261 e. The second-order valence-electron chi connectivity index (χ2n) is 8.33. The number of benzene rings is 2. The molecule has 0 aliphatic carbocycles. The maximum absolute atomic E-state index is 13.9. The van der Waals surface area contributed by atoms with E-state index in [1.54, 1.807) is 12.1 Å². The average Bonchev–Trinajstić information content (AvgIpc) is 2.67. The number of hydrogen-bond donors (Lipinski definition) is 1. The molecular formula is C24H31FN2O3. The van der Waals surface area contributed by atoms with Crippen LogP contribution in [0.5, 0.6) is 5.75 Å². The molecule has 0 saturated carbocycles. The Morgan fingerprint density at radius 1 is 1.10 bits per heavy atom. The molecule has 0 radical (unpaired) electrons. The third-order valence-corrected chi connectivity index (χ3v) is 4.67. The van der Waals surface area contributed by atoms with Gasteiger partial charge in [0.15, 0.2) is 18.2 Å². The first-order valence-corrected chi connectivity index (χ1v) is 10.2. The number of halogens is 1. The Hall–Kier alpha value is -2.89. The Labute approximate surface area is 178 Å². The molecule has 0 saturated heterocycles. The summed E-state index contributed by atoms with van der Waals surface area (Å²) < 4.78 is 19.3. The molecule has 162 valence electrons. The van der Waals surface area contributed by atoms with Crippen LogP contribution in [0.2, 0.25) is 0 Å². The minimum atomic E-state index is -0.666. The number of ether oxygens (including phenoxy) is 1. The van der Waals surface area contributed by atoms with Gasteiger partial charge in [-0.2, -0.15) is 0 Å². The minimum absolute atomic E-state index is 0.00823. The molecule has 2 rings (SSSR count). The summed E-state index contributed by atoms with van der Waals surface area (Å²) >= 11 is 0. The summed E-state index contributed by atoms with van der Waals surface area (Å²) in [4.78, 5) is 27.6. The van der Waals surface area contributed by atoms with E-state index in [2.05, 4.69) is 5.32 Å². The van der Waals surface area contributed by atoms with Crippen molar-refractivity contribution in [2.45, 2.75) is 59.2 Å². The molecule has 5 nitrogen and oxygen atoms in total. The Morgan fingerprint density at radius 2 is 1.73 bits per heavy atom. The summed E-state index contributed by atoms with van der Waals surface area (Å²) in [6.45, 7) is 9.42. The van der Waals surface area contributed by atoms with Crippen LogP contribution in [0.25, 0.3) is 0 Å². The highest BCUT2D eigenvalue weighted by Crippen LogP contribution is 2.18. The van der Waals surface area contributed by atoms with E-state index in [1.165, 1.54) is 17.0 Å². The summed E-state index contributed by atoms with van der Waals surface area (Å²) in [5.41, 5.74) is 1.54. The highest BCUT2D eigenvalue weighted by atomic mass is 19.1. The van der Waals surface area contributed by atoms with E-state index in [0.717, 1.165) is 11.1 Å². The molecule has 0 spiro atoms. The van der Waals surface area contributed by atoms with Gasteiger partial charge in [-0.15, -0.1) is 0 Å². The van der Waals surface area contributed by atoms with Crippen LogP contribution in [-0.4, -0.2) is 34.9 Å². The second kappa shape index (κ2) is 10.2. The normalized spacial score (nSPS) is 12.2. The summed E-state index contributed by atoms with van der Waals surface area (Å²) in [6.07, 6.45) is 0.444. The number of nitrogens with one attached hydrogen (secondary N) is 1. The van der Waals surface area contributed by atoms with Gasteiger partial charge in [-0.05, 0) is 57.4 Å². The Bertz CT molecular complexity index is 877. The molecule has 0 aliphatic rings. The van der Waals surface area contributed by atoms with Crippen LogP contribution in [-0.2, 0) is 16.1 Å². The van der Waals surface area contributed by atoms with Gasteiger partial charge >= 0.3 is 0 Å². The van der Waals surface area contributed by atoms with Crippen molar-refractivity contribution in [3.63, 3.8) is 0 Å². The second-order valence-corrected chi connectivity index (χ2v) is 8.33. The molecule has 2 amide bonds. The van der Waals surface area contributed by atoms with Gasteiger partial charge in [-0.3, -0.25) is 9.59 Å². The predicted molar refractivity (Wildman–Crippen MR) is 116 cm³/mol. The smallest absolute Gasteiger partial charge is 0.261 e. The van der Waals surface area contributed by atoms with Crippen molar-refractivity contribution in [2.75, 3.05) is 6.61 Å². The first kappa shape index (κ1) is 23.4. The van der Waals surface area contributed by atoms with Gasteiger partial charge in [-0.1, -0.05) is 43.3 Å². The van der Waals surface area contributed by atoms with Gasteiger partial charge in [0, 0.05) is 12.1 Å². The van der Waals surface area contributed by atoms with E-state index in [0.29, 0.717) is 6.42 Å². The first-order valence-electron chi connectivity index (χ1n) is 10.2. The number of rotatable bonds is 8. The number of hydrogen-bond acceptors (Lipinski definition) is 3. The summed E-state index contributed by atoms with van der Waals surface area (Å²) in [6, 6.07) is 13.0. The number of carbonyl (C=O) groups excluding carboxylic acids is 2. The highest BCUT2D eigenvalue weighted by Gasteiger charge is 2.31. The molecule has 30 heavy (non-hydrogen) atoms. The van der Waals surface area contributed by atoms with E-state index in [9.17, 15) is 14.0 Å². The van der Waals surface area contributed by atoms with Gasteiger partial charge in [0.25, 0.3) is 5.91 Å². The van der Waals surface area contributed by atoms with E-state index in [4.69, 9.17) is 4.74 Å². The lowest BCUT2D eigenvalue weighted by Gasteiger charge is -2.33. The summed E-state index contributed by atoms with van der Waals surface area (Å²) in [5, 5.41) is 2.96. The van der Waals surface area contributed by atoms with Gasteiger partial charge in [-0.25, -0.2) is 4.39 Å². The molecule has 2 aromatic carbocycles. The van der Waals surface area contributed by atoms with E-state index in [-0.39, 0.29) is 30.7 Å². The topological polar surface area (TPSA) is 58.6 Å². The highest BCUT2D eigenvalue weighted by molar-refractivity contribution is 5.88. The summed E-state index contributed by atoms with van der Waals surface area (Å²) in [7, 11) is 0. The van der Waals surface area contributed by atoms with Crippen molar-refractivity contribution in [3.8, 4) is 5.75 Å². The van der Waals surface area contributed by atoms with Crippen molar-refractivity contribution in [1.82, 2.24) is 10.2 Å². The number of carbonyl (C=O) groups is 2. The third kappa shape index (κ3) is 6.58. The lowest BCUT2D eigenvalue weighted by atomic mass is 10.0. The quantitative estimate of drug-likeness (QED) is 0.703. The molecule has 1 N–H and O–H groups in total. The summed E-state index contributed by atoms with van der Waals surface area (Å²) in [5.74, 6) is -1.13. The molecule has 1 atom stereocenters. The number of amides is 2. The fourth-order valence-corrected chi connectivity index (χ4v) is 3.13. The largest absolute Gasteiger partial charge is 0.481 e. The average molecular weight is 415 g/mol. The molecular weight excluding hydrogens is 383 g/mol. The van der Waals surface area contributed by atoms with Crippen molar-refractivity contribution in [1.29, 1.82) is 0 Å². The zero-order valence-electron chi connectivity index (χ0n) is 18.4. The van der Waals surface area contributed by atoms with Crippen LogP contribution in [0, 0.1) is 12.7 Å². The van der Waals surface area contributed by atoms with Crippen LogP contribution >= 0.6 is 0 Å². The third-order valence-electron chi connectivity index (χ3n) is 4.67. The van der Waals surface area contributed by atoms with Gasteiger partial charge in [0.2, 0.25) is 5.91 Å². The molecule has 0 fully saturated rings. The number of para-hydroxylation sites is 1. The first-order chi connectivity index (χ1) is 14.1. The predicted octanol–water partition coefficient (Wildman–Crippen LogP) is 4.24. The van der Waals surface area contributed by atoms with Crippen molar-refractivity contribution in [2.24, 2.45) is 0 Å². The van der Waals surface area contributed by atoms with Gasteiger partial charge in [0.05, 0.1) is 0 Å². The monoisotopic (exact) mass is 414 g/mol. The maximum atomic E-state index is 13.9. The van der Waals surface area contributed by atoms with Crippen molar-refractivity contribution < 1.29 is 18.7 Å². The lowest BCUT2D eigenvalue weighted by molar-refractivity contribution is -0.143. The zero-order chi connectivity index (χ0) is 22.3. The van der Waals surface area contributed by atoms with Gasteiger partial charge < -0.3 is 15.0 Å². The molecule has 0 bridgehead atoms. The van der Waals surface area contributed by atoms with Crippen LogP contribution < -0.4 is 10.1 Å². The van der Waals surface area contributed by atoms with E-state index in [1.807, 2.05) is 58.9 Å². The molecule has 0 aromatic heterocycles. The lowest BCUT2D eigenvalue weighted by Crippen LogP contribution is -2.54. The molecule has 6 heteroatoms. The standard InChI is InChI=1S/C24H31FN2O3/c1-6-20(23(29)26-24(3,4)5)27(15-18-12-8-7-11-17(18)2)22(28)16-30-21-14-10-9-13-19(21)25/h7-14,20H,6,15-16H2,1-5H3,(H,26,29)/t20-/m1/s1. The molecule has 0 heterocycles. The fourth-order valence-electron chi connectivity index (χ4n) is 3.13. The van der Waals surface area contributed by atoms with Crippen LogP contribution in [0.3, 0.4) is 0 Å². The Balaban J connectivity index is 2.27. The molecule has 2 aromatic rings.